The molecule has 0 aliphatic heterocycles. The van der Waals surface area contributed by atoms with Gasteiger partial charge in [-0.3, -0.25) is 19.9 Å². The van der Waals surface area contributed by atoms with E-state index in [9.17, 15) is 0 Å². The third-order valence-electron chi connectivity index (χ3n) is 4.20. The second kappa shape index (κ2) is 11.5. The topological polar surface area (TPSA) is 64.5 Å². The van der Waals surface area contributed by atoms with Crippen molar-refractivity contribution in [3.05, 3.63) is 116 Å². The average Bonchev–Trinajstić information content (AvgIpc) is 2.87. The molecule has 0 unspecified atom stereocenters. The third-order valence-corrected chi connectivity index (χ3v) is 4.20. The van der Waals surface area contributed by atoms with Crippen LogP contribution < -0.4 is 0 Å². The van der Waals surface area contributed by atoms with Crippen LogP contribution in [0.3, 0.4) is 0 Å². The van der Waals surface area contributed by atoms with Gasteiger partial charge in [0.05, 0.1) is 34.2 Å². The van der Waals surface area contributed by atoms with Crippen LogP contribution in [-0.2, 0) is 19.5 Å². The number of aromatic nitrogens is 5. The van der Waals surface area contributed by atoms with Gasteiger partial charge in [0, 0.05) is 24.8 Å². The largest absolute Gasteiger partial charge is 2.00 e. The Hall–Kier alpha value is -3.63. The fourth-order valence-electron chi connectivity index (χ4n) is 2.78. The molecule has 0 atom stereocenters. The van der Waals surface area contributed by atoms with E-state index in [2.05, 4.69) is 24.9 Å². The number of pyridine rings is 5. The summed E-state index contributed by atoms with van der Waals surface area (Å²) in [6.07, 6.45) is 7.07. The molecule has 5 nitrogen and oxygen atoms in total. The van der Waals surface area contributed by atoms with Crippen molar-refractivity contribution in [2.75, 3.05) is 0 Å². The fourth-order valence-corrected chi connectivity index (χ4v) is 2.78. The molecular formula is C25H19N5Ru+2. The van der Waals surface area contributed by atoms with Crippen LogP contribution in [0.25, 0.3) is 34.2 Å². The van der Waals surface area contributed by atoms with Gasteiger partial charge in [0.25, 0.3) is 0 Å². The predicted octanol–water partition coefficient (Wildman–Crippen LogP) is 5.35. The van der Waals surface area contributed by atoms with Crippen molar-refractivity contribution in [1.29, 1.82) is 0 Å². The summed E-state index contributed by atoms with van der Waals surface area (Å²) >= 11 is 0. The van der Waals surface area contributed by atoms with Crippen LogP contribution in [0.2, 0.25) is 0 Å². The number of hydrogen-bond acceptors (Lipinski definition) is 5. The van der Waals surface area contributed by atoms with E-state index in [1.54, 1.807) is 24.8 Å². The van der Waals surface area contributed by atoms with E-state index in [0.29, 0.717) is 0 Å². The molecule has 0 aromatic carbocycles. The molecule has 0 N–H and O–H groups in total. The van der Waals surface area contributed by atoms with E-state index < -0.39 is 0 Å². The van der Waals surface area contributed by atoms with Gasteiger partial charge in [-0.25, -0.2) is 4.98 Å². The van der Waals surface area contributed by atoms with Crippen LogP contribution in [0.4, 0.5) is 0 Å². The number of rotatable bonds is 3. The first-order valence-corrected chi connectivity index (χ1v) is 9.52. The van der Waals surface area contributed by atoms with Crippen LogP contribution in [0, 0.1) is 0 Å². The summed E-state index contributed by atoms with van der Waals surface area (Å²) in [7, 11) is 0. The van der Waals surface area contributed by atoms with E-state index in [0.717, 1.165) is 34.2 Å². The summed E-state index contributed by atoms with van der Waals surface area (Å²) in [5.74, 6) is 0. The van der Waals surface area contributed by atoms with Gasteiger partial charge >= 0.3 is 19.5 Å². The maximum absolute atomic E-state index is 4.59. The summed E-state index contributed by atoms with van der Waals surface area (Å²) in [6.45, 7) is 0. The molecule has 0 aliphatic carbocycles. The van der Waals surface area contributed by atoms with Crippen LogP contribution in [0.5, 0.6) is 0 Å². The van der Waals surface area contributed by atoms with Gasteiger partial charge in [0.15, 0.2) is 0 Å². The molecule has 5 rings (SSSR count). The SMILES string of the molecule is [Ru+2].c1ccc(-c2cccc(-c3ccccn3)n2)nc1.c1ccc(-c2ccccn2)nc1. The van der Waals surface area contributed by atoms with Gasteiger partial charge in [0.2, 0.25) is 0 Å². The Kier molecular flexibility index (Phi) is 8.21. The van der Waals surface area contributed by atoms with E-state index in [-0.39, 0.29) is 19.5 Å². The molecule has 0 aliphatic rings. The van der Waals surface area contributed by atoms with Crippen LogP contribution in [0.1, 0.15) is 0 Å². The Morgan fingerprint density at radius 2 is 0.613 bits per heavy atom. The smallest absolute Gasteiger partial charge is 0.255 e. The summed E-state index contributed by atoms with van der Waals surface area (Å²) in [5.41, 5.74) is 5.29. The van der Waals surface area contributed by atoms with E-state index >= 15 is 0 Å². The number of nitrogens with zero attached hydrogens (tertiary/aromatic N) is 5. The molecule has 0 radical (unpaired) electrons. The van der Waals surface area contributed by atoms with Gasteiger partial charge in [-0.2, -0.15) is 0 Å². The minimum absolute atomic E-state index is 0. The first-order chi connectivity index (χ1) is 14.9. The molecule has 0 saturated carbocycles. The van der Waals surface area contributed by atoms with Crippen molar-refractivity contribution in [3.8, 4) is 34.2 Å². The molecular weight excluding hydrogens is 471 g/mol. The van der Waals surface area contributed by atoms with Crippen molar-refractivity contribution in [2.45, 2.75) is 0 Å². The molecule has 0 amide bonds. The Morgan fingerprint density at radius 1 is 0.323 bits per heavy atom. The molecule has 0 spiro atoms. The minimum Gasteiger partial charge on any atom is -0.255 e. The van der Waals surface area contributed by atoms with Crippen molar-refractivity contribution in [2.24, 2.45) is 0 Å². The van der Waals surface area contributed by atoms with Crippen LogP contribution in [0.15, 0.2) is 116 Å². The molecule has 150 valence electrons. The zero-order valence-corrected chi connectivity index (χ0v) is 18.3. The van der Waals surface area contributed by atoms with E-state index in [1.165, 1.54) is 0 Å². The molecule has 6 heteroatoms. The quantitative estimate of drug-likeness (QED) is 0.319. The van der Waals surface area contributed by atoms with Gasteiger partial charge in [0.1, 0.15) is 0 Å². The van der Waals surface area contributed by atoms with Crippen LogP contribution >= 0.6 is 0 Å². The molecule has 5 aromatic rings. The van der Waals surface area contributed by atoms with Gasteiger partial charge in [-0.1, -0.05) is 30.3 Å². The zero-order valence-electron chi connectivity index (χ0n) is 16.6. The van der Waals surface area contributed by atoms with Gasteiger partial charge in [-0.05, 0) is 60.7 Å². The maximum atomic E-state index is 4.59. The first-order valence-electron chi connectivity index (χ1n) is 9.52. The van der Waals surface area contributed by atoms with Crippen molar-refractivity contribution < 1.29 is 19.5 Å². The number of hydrogen-bond donors (Lipinski definition) is 0. The van der Waals surface area contributed by atoms with Gasteiger partial charge in [-0.15, -0.1) is 0 Å². The summed E-state index contributed by atoms with van der Waals surface area (Å²) < 4.78 is 0. The third kappa shape index (κ3) is 6.17. The Labute approximate surface area is 194 Å². The van der Waals surface area contributed by atoms with Crippen LogP contribution in [-0.4, -0.2) is 24.9 Å². The monoisotopic (exact) mass is 491 g/mol. The van der Waals surface area contributed by atoms with Crippen molar-refractivity contribution >= 4 is 0 Å². The van der Waals surface area contributed by atoms with Gasteiger partial charge < -0.3 is 0 Å². The van der Waals surface area contributed by atoms with Crippen molar-refractivity contribution in [3.63, 3.8) is 0 Å². The van der Waals surface area contributed by atoms with Crippen molar-refractivity contribution in [1.82, 2.24) is 24.9 Å². The molecule has 31 heavy (non-hydrogen) atoms. The first kappa shape index (κ1) is 22.1. The predicted molar refractivity (Wildman–Crippen MR) is 118 cm³/mol. The van der Waals surface area contributed by atoms with E-state index in [4.69, 9.17) is 0 Å². The fraction of sp³-hybridized carbons (Fsp3) is 0. The molecule has 5 aromatic heterocycles. The Morgan fingerprint density at radius 3 is 0.903 bits per heavy atom. The normalized spacial score (nSPS) is 9.68. The summed E-state index contributed by atoms with van der Waals surface area (Å²) in [4.78, 5) is 21.6. The molecule has 0 fully saturated rings. The second-order valence-corrected chi connectivity index (χ2v) is 6.27. The zero-order chi connectivity index (χ0) is 20.4. The summed E-state index contributed by atoms with van der Waals surface area (Å²) in [6, 6.07) is 29.1. The standard InChI is InChI=1S/C15H11N3.C10H8N2.Ru/c1-3-10-16-12(6-1)14-8-5-9-15(18-14)13-7-2-4-11-17-13;1-3-7-11-9(5-1)10-6-2-4-8-12-10;/h1-11H;1-8H;/q;;+2. The molecule has 0 bridgehead atoms. The molecule has 0 saturated heterocycles. The molecule has 5 heterocycles. The second-order valence-electron chi connectivity index (χ2n) is 6.27. The Bertz CT molecular complexity index is 1080. The average molecular weight is 491 g/mol. The summed E-state index contributed by atoms with van der Waals surface area (Å²) in [5, 5.41) is 0. The van der Waals surface area contributed by atoms with E-state index in [1.807, 2.05) is 91.0 Å². The maximum Gasteiger partial charge on any atom is 2.00 e. The minimum atomic E-state index is 0. The Balaban J connectivity index is 0.000000183.